The first-order chi connectivity index (χ1) is 12.0. The Morgan fingerprint density at radius 2 is 2.29 bits per heavy atom. The maximum atomic E-state index is 13.0. The fourth-order valence-electron chi connectivity index (χ4n) is 2.35. The molecule has 21 heavy (non-hydrogen) atoms. The molecule has 2 amide bonds. The number of carbonyl (C=O) groups is 2. The Morgan fingerprint density at radius 3 is 3.00 bits per heavy atom. The van der Waals surface area contributed by atoms with Gasteiger partial charge >= 0.3 is 0 Å². The highest BCUT2D eigenvalue weighted by Crippen LogP contribution is 2.21. The maximum Gasteiger partial charge on any atom is 0.264 e. The lowest BCUT2D eigenvalue weighted by atomic mass is 10.1. The van der Waals surface area contributed by atoms with Gasteiger partial charge in [-0.15, -0.1) is 0 Å². The summed E-state index contributed by atoms with van der Waals surface area (Å²) in [4.78, 5) is 40.5. The molecule has 0 aliphatic carbocycles. The van der Waals surface area contributed by atoms with Crippen molar-refractivity contribution < 1.29 is 16.4 Å². The number of carbonyl (C=O) groups excluding carboxylic acids is 2. The van der Waals surface area contributed by atoms with Gasteiger partial charge in [0.1, 0.15) is 11.9 Å². The fraction of sp³-hybridized carbons (Fsp3) is 0.286. The van der Waals surface area contributed by atoms with Crippen molar-refractivity contribution in [1.29, 1.82) is 0 Å². The van der Waals surface area contributed by atoms with Crippen LogP contribution in [0.4, 0.5) is 5.69 Å². The van der Waals surface area contributed by atoms with Crippen LogP contribution in [0.5, 0.6) is 0 Å². The molecule has 1 atom stereocenters. The zero-order valence-corrected chi connectivity index (χ0v) is 10.8. The molecule has 1 unspecified atom stereocenters. The van der Waals surface area contributed by atoms with Crippen LogP contribution in [0.2, 0.25) is 0 Å². The number of anilines is 1. The zero-order valence-electron chi connectivity index (χ0n) is 15.8. The normalized spacial score (nSPS) is 22.9. The standard InChI is InChI=1S/C14H14N4O3/c1-7-16-9-4-2-3-8(15)12(9)14(21)18(7)10-5-6-11(19)17-13(10)20/h2-4,10H,5-6,15H2,1H3,(H,17,19,20)/i1D3,3D,4D. The predicted octanol–water partition coefficient (Wildman–Crippen LogP) is 0.265. The van der Waals surface area contributed by atoms with E-state index in [-0.39, 0.29) is 41.5 Å². The topological polar surface area (TPSA) is 107 Å². The number of benzene rings is 1. The van der Waals surface area contributed by atoms with E-state index in [1.165, 1.54) is 0 Å². The Balaban J connectivity index is 2.42. The summed E-state index contributed by atoms with van der Waals surface area (Å²) in [5.74, 6) is -2.01. The summed E-state index contributed by atoms with van der Waals surface area (Å²) in [6, 6.07) is -0.797. The highest BCUT2D eigenvalue weighted by Gasteiger charge is 2.30. The summed E-state index contributed by atoms with van der Waals surface area (Å²) in [5.41, 5.74) is 4.34. The molecule has 2 heterocycles. The molecule has 1 aliphatic heterocycles. The minimum absolute atomic E-state index is 0.0705. The summed E-state index contributed by atoms with van der Waals surface area (Å²) in [6.45, 7) is -2.85. The average molecular weight is 291 g/mol. The highest BCUT2D eigenvalue weighted by molar-refractivity contribution is 5.99. The Hall–Kier alpha value is -2.70. The number of nitrogens with zero attached hydrogens (tertiary/aromatic N) is 2. The number of piperidine rings is 1. The molecule has 0 spiro atoms. The van der Waals surface area contributed by atoms with Gasteiger partial charge in [-0.25, -0.2) is 4.98 Å². The van der Waals surface area contributed by atoms with E-state index in [1.54, 1.807) is 0 Å². The fourth-order valence-corrected chi connectivity index (χ4v) is 2.35. The number of nitrogen functional groups attached to an aromatic ring is 1. The first-order valence-electron chi connectivity index (χ1n) is 8.68. The van der Waals surface area contributed by atoms with Crippen LogP contribution in [0.1, 0.15) is 31.6 Å². The number of nitrogens with two attached hydrogens (primary N) is 1. The Bertz CT molecular complexity index is 1010. The van der Waals surface area contributed by atoms with Gasteiger partial charge in [0.15, 0.2) is 0 Å². The van der Waals surface area contributed by atoms with Crippen LogP contribution in [0.3, 0.4) is 0 Å². The zero-order chi connectivity index (χ0) is 19.4. The maximum absolute atomic E-state index is 13.0. The minimum atomic E-state index is -2.85. The molecule has 1 aromatic carbocycles. The van der Waals surface area contributed by atoms with Crippen molar-refractivity contribution in [1.82, 2.24) is 14.9 Å². The van der Waals surface area contributed by atoms with E-state index < -0.39 is 36.1 Å². The van der Waals surface area contributed by atoms with Crippen molar-refractivity contribution in [3.05, 3.63) is 34.3 Å². The molecule has 0 radical (unpaired) electrons. The van der Waals surface area contributed by atoms with Crippen LogP contribution in [0, 0.1) is 6.85 Å². The molecule has 0 bridgehead atoms. The van der Waals surface area contributed by atoms with Gasteiger partial charge in [0.05, 0.1) is 13.6 Å². The van der Waals surface area contributed by atoms with Crippen molar-refractivity contribution in [2.75, 3.05) is 5.73 Å². The van der Waals surface area contributed by atoms with Gasteiger partial charge in [-0.05, 0) is 25.4 Å². The number of amides is 2. The van der Waals surface area contributed by atoms with Crippen LogP contribution in [0.15, 0.2) is 22.9 Å². The molecule has 1 aliphatic rings. The first kappa shape index (κ1) is 8.56. The van der Waals surface area contributed by atoms with Gasteiger partial charge in [-0.2, -0.15) is 0 Å². The monoisotopic (exact) mass is 291 g/mol. The molecule has 2 aromatic rings. The van der Waals surface area contributed by atoms with Gasteiger partial charge in [-0.1, -0.05) is 6.07 Å². The number of imide groups is 1. The van der Waals surface area contributed by atoms with Crippen LogP contribution >= 0.6 is 0 Å². The largest absolute Gasteiger partial charge is 0.398 e. The molecule has 108 valence electrons. The third-order valence-corrected chi connectivity index (χ3v) is 3.34. The molecule has 7 heteroatoms. The van der Waals surface area contributed by atoms with Crippen LogP contribution in [0.25, 0.3) is 10.9 Å². The van der Waals surface area contributed by atoms with E-state index in [1.807, 2.05) is 0 Å². The third-order valence-electron chi connectivity index (χ3n) is 3.34. The smallest absolute Gasteiger partial charge is 0.264 e. The molecule has 7 nitrogen and oxygen atoms in total. The summed E-state index contributed by atoms with van der Waals surface area (Å²) in [6.07, 6.45) is -0.145. The van der Waals surface area contributed by atoms with Gasteiger partial charge in [-0.3, -0.25) is 24.3 Å². The summed E-state index contributed by atoms with van der Waals surface area (Å²) in [5, 5.41) is 1.77. The number of rotatable bonds is 1. The average Bonchev–Trinajstić information content (AvgIpc) is 2.52. The first-order valence-corrected chi connectivity index (χ1v) is 6.18. The quantitative estimate of drug-likeness (QED) is 0.579. The second-order valence-electron chi connectivity index (χ2n) is 4.65. The second-order valence-corrected chi connectivity index (χ2v) is 4.65. The molecule has 3 rings (SSSR count). The van der Waals surface area contributed by atoms with E-state index in [9.17, 15) is 14.4 Å². The number of nitrogens with one attached hydrogen (secondary N) is 1. The van der Waals surface area contributed by atoms with Crippen LogP contribution < -0.4 is 16.6 Å². The Labute approximate surface area is 126 Å². The molecule has 0 saturated carbocycles. The Morgan fingerprint density at radius 1 is 1.48 bits per heavy atom. The van der Waals surface area contributed by atoms with Gasteiger partial charge in [0.2, 0.25) is 11.8 Å². The van der Waals surface area contributed by atoms with E-state index in [4.69, 9.17) is 12.6 Å². The van der Waals surface area contributed by atoms with Gasteiger partial charge < -0.3 is 5.73 Å². The number of aromatic nitrogens is 2. The van der Waals surface area contributed by atoms with Crippen LogP contribution in [-0.4, -0.2) is 21.4 Å². The molecule has 1 aromatic heterocycles. The van der Waals surface area contributed by atoms with Crippen molar-refractivity contribution >= 4 is 28.4 Å². The van der Waals surface area contributed by atoms with E-state index in [0.717, 1.165) is 6.07 Å². The minimum Gasteiger partial charge on any atom is -0.398 e. The number of aryl methyl sites for hydroxylation is 1. The van der Waals surface area contributed by atoms with E-state index >= 15 is 0 Å². The SMILES string of the molecule is [2H]c1cc([2H])c2nc(C([2H])([2H])[2H])n(C3CCC(=O)NC3=O)c(=O)c2c1N. The number of hydrogen-bond acceptors (Lipinski definition) is 5. The molecular weight excluding hydrogens is 272 g/mol. The molecule has 1 fully saturated rings. The van der Waals surface area contributed by atoms with Crippen molar-refractivity contribution in [3.63, 3.8) is 0 Å². The van der Waals surface area contributed by atoms with Gasteiger partial charge in [0.25, 0.3) is 5.56 Å². The van der Waals surface area contributed by atoms with Crippen molar-refractivity contribution in [2.24, 2.45) is 0 Å². The second kappa shape index (κ2) is 4.69. The summed E-state index contributed by atoms with van der Waals surface area (Å²) in [7, 11) is 0. The van der Waals surface area contributed by atoms with E-state index in [2.05, 4.69) is 10.3 Å². The lowest BCUT2D eigenvalue weighted by Gasteiger charge is -2.24. The lowest BCUT2D eigenvalue weighted by Crippen LogP contribution is -2.45. The number of hydrogen-bond donors (Lipinski definition) is 2. The van der Waals surface area contributed by atoms with Crippen molar-refractivity contribution in [2.45, 2.75) is 25.7 Å². The number of fused-ring (bicyclic) bond motifs is 1. The summed E-state index contributed by atoms with van der Waals surface area (Å²) >= 11 is 0. The predicted molar refractivity (Wildman–Crippen MR) is 76.6 cm³/mol. The molecule has 3 N–H and O–H groups in total. The lowest BCUT2D eigenvalue weighted by molar-refractivity contribution is -0.135. The van der Waals surface area contributed by atoms with Crippen LogP contribution in [-0.2, 0) is 9.59 Å². The molecular formula is C14H14N4O3. The highest BCUT2D eigenvalue weighted by atomic mass is 16.2. The van der Waals surface area contributed by atoms with Gasteiger partial charge in [0, 0.05) is 16.2 Å². The Kier molecular flexibility index (Phi) is 1.91. The molecule has 1 saturated heterocycles. The summed E-state index contributed by atoms with van der Waals surface area (Å²) < 4.78 is 39.3. The van der Waals surface area contributed by atoms with Crippen molar-refractivity contribution in [3.8, 4) is 0 Å². The third kappa shape index (κ3) is 2.06. The van der Waals surface area contributed by atoms with E-state index in [0.29, 0.717) is 4.57 Å².